The number of carbonyl (C=O) groups excluding carboxylic acids is 1. The summed E-state index contributed by atoms with van der Waals surface area (Å²) in [5, 5.41) is 3.59. The Hall–Kier alpha value is -1.37. The van der Waals surface area contributed by atoms with Gasteiger partial charge in [0.15, 0.2) is 15.5 Å². The predicted octanol–water partition coefficient (Wildman–Crippen LogP) is 0.812. The summed E-state index contributed by atoms with van der Waals surface area (Å²) in [6.07, 6.45) is 4.47. The molecule has 1 aromatic rings. The quantitative estimate of drug-likeness (QED) is 0.767. The number of nitrogens with zero attached hydrogens (tertiary/aromatic N) is 2. The van der Waals surface area contributed by atoms with Gasteiger partial charge in [-0.05, 0) is 31.6 Å². The molecule has 2 atom stereocenters. The van der Waals surface area contributed by atoms with Gasteiger partial charge < -0.3 is 9.42 Å². The summed E-state index contributed by atoms with van der Waals surface area (Å²) >= 11 is 0. The zero-order valence-electron chi connectivity index (χ0n) is 11.7. The molecule has 0 unspecified atom stereocenters. The van der Waals surface area contributed by atoms with Crippen molar-refractivity contribution in [2.45, 2.75) is 37.4 Å². The van der Waals surface area contributed by atoms with Crippen molar-refractivity contribution in [3.8, 4) is 0 Å². The molecule has 1 amide bonds. The van der Waals surface area contributed by atoms with Crippen molar-refractivity contribution in [1.82, 2.24) is 10.1 Å². The summed E-state index contributed by atoms with van der Waals surface area (Å²) in [6, 6.07) is 0. The molecule has 0 radical (unpaired) electrons. The molecule has 2 fully saturated rings. The second kappa shape index (κ2) is 4.56. The Labute approximate surface area is 123 Å². The van der Waals surface area contributed by atoms with Gasteiger partial charge in [0, 0.05) is 25.1 Å². The molecule has 1 aromatic heterocycles. The smallest absolute Gasteiger partial charge is 0.276 e. The van der Waals surface area contributed by atoms with Crippen LogP contribution in [0.25, 0.3) is 0 Å². The highest BCUT2D eigenvalue weighted by molar-refractivity contribution is 7.92. The van der Waals surface area contributed by atoms with Crippen LogP contribution in [0.4, 0.5) is 0 Å². The van der Waals surface area contributed by atoms with Crippen LogP contribution in [0.2, 0.25) is 0 Å². The van der Waals surface area contributed by atoms with Gasteiger partial charge in [-0.25, -0.2) is 8.42 Å². The Morgan fingerprint density at radius 1 is 1.24 bits per heavy atom. The Morgan fingerprint density at radius 2 is 2.05 bits per heavy atom. The highest BCUT2D eigenvalue weighted by atomic mass is 32.2. The first-order chi connectivity index (χ1) is 10.1. The third-order valence-electron chi connectivity index (χ3n) is 5.06. The molecule has 0 saturated carbocycles. The van der Waals surface area contributed by atoms with E-state index in [1.807, 2.05) is 0 Å². The number of hydrogen-bond donors (Lipinski definition) is 0. The average molecular weight is 310 g/mol. The zero-order chi connectivity index (χ0) is 14.6. The van der Waals surface area contributed by atoms with Crippen LogP contribution < -0.4 is 0 Å². The van der Waals surface area contributed by atoms with E-state index in [-0.39, 0.29) is 22.8 Å². The molecular weight excluding hydrogens is 292 g/mol. The van der Waals surface area contributed by atoms with Crippen LogP contribution in [0.3, 0.4) is 0 Å². The first-order valence-corrected chi connectivity index (χ1v) is 9.26. The van der Waals surface area contributed by atoms with E-state index in [2.05, 4.69) is 5.16 Å². The highest BCUT2D eigenvalue weighted by Crippen LogP contribution is 2.35. The van der Waals surface area contributed by atoms with Crippen LogP contribution in [-0.2, 0) is 22.7 Å². The molecule has 21 heavy (non-hydrogen) atoms. The van der Waals surface area contributed by atoms with Crippen molar-refractivity contribution in [2.24, 2.45) is 5.92 Å². The Morgan fingerprint density at radius 3 is 2.86 bits per heavy atom. The predicted molar refractivity (Wildman–Crippen MR) is 74.7 cm³/mol. The monoisotopic (exact) mass is 310 g/mol. The molecule has 3 heterocycles. The Balaban J connectivity index is 1.58. The topological polar surface area (TPSA) is 80.5 Å². The van der Waals surface area contributed by atoms with Crippen LogP contribution in [0.15, 0.2) is 4.52 Å². The van der Waals surface area contributed by atoms with E-state index in [0.717, 1.165) is 37.0 Å². The molecule has 6 nitrogen and oxygen atoms in total. The van der Waals surface area contributed by atoms with E-state index in [4.69, 9.17) is 4.52 Å². The number of carbonyl (C=O) groups is 1. The van der Waals surface area contributed by atoms with E-state index < -0.39 is 9.84 Å². The summed E-state index contributed by atoms with van der Waals surface area (Å²) in [6.45, 7) is 0.845. The van der Waals surface area contributed by atoms with Gasteiger partial charge in [0.1, 0.15) is 5.76 Å². The minimum absolute atomic E-state index is 0.0988. The number of aromatic nitrogens is 1. The number of sulfone groups is 1. The van der Waals surface area contributed by atoms with Gasteiger partial charge in [-0.3, -0.25) is 4.79 Å². The van der Waals surface area contributed by atoms with Crippen LogP contribution >= 0.6 is 0 Å². The molecule has 0 bridgehead atoms. The van der Waals surface area contributed by atoms with Crippen LogP contribution in [0.1, 0.15) is 41.1 Å². The number of amides is 1. The SMILES string of the molecule is O=C(c1noc2c1CCCC2)N1C[C@@H]2CCS(=O)(=O)[C@@H]2C1. The third kappa shape index (κ3) is 2.01. The molecular formula is C14H18N2O4S. The van der Waals surface area contributed by atoms with Crippen molar-refractivity contribution >= 4 is 15.7 Å². The van der Waals surface area contributed by atoms with E-state index >= 15 is 0 Å². The van der Waals surface area contributed by atoms with Gasteiger partial charge in [0.25, 0.3) is 5.91 Å². The summed E-state index contributed by atoms with van der Waals surface area (Å²) < 4.78 is 29.2. The van der Waals surface area contributed by atoms with Gasteiger partial charge in [0.05, 0.1) is 11.0 Å². The Kier molecular flexibility index (Phi) is 2.89. The maximum absolute atomic E-state index is 12.6. The van der Waals surface area contributed by atoms with Gasteiger partial charge in [-0.15, -0.1) is 0 Å². The standard InChI is InChI=1S/C14H18N2O4S/c17-14(13-10-3-1-2-4-11(10)20-15-13)16-7-9-5-6-21(18,19)12(9)8-16/h9,12H,1-8H2/t9-,12+/m0/s1. The van der Waals surface area contributed by atoms with E-state index in [1.54, 1.807) is 4.90 Å². The molecule has 1 aliphatic carbocycles. The third-order valence-corrected chi connectivity index (χ3v) is 7.32. The fourth-order valence-corrected chi connectivity index (χ4v) is 6.01. The molecule has 2 saturated heterocycles. The lowest BCUT2D eigenvalue weighted by molar-refractivity contribution is 0.0775. The fourth-order valence-electron chi connectivity index (χ4n) is 3.86. The number of hydrogen-bond acceptors (Lipinski definition) is 5. The molecule has 2 aliphatic heterocycles. The minimum Gasteiger partial charge on any atom is -0.360 e. The maximum Gasteiger partial charge on any atom is 0.276 e. The van der Waals surface area contributed by atoms with Gasteiger partial charge in [-0.2, -0.15) is 0 Å². The Bertz CT molecular complexity index is 694. The summed E-state index contributed by atoms with van der Waals surface area (Å²) in [5.74, 6) is 1.04. The van der Waals surface area contributed by atoms with E-state index in [0.29, 0.717) is 25.2 Å². The average Bonchev–Trinajstić information content (AvgIpc) is 3.14. The molecule has 114 valence electrons. The van der Waals surface area contributed by atoms with E-state index in [1.165, 1.54) is 0 Å². The highest BCUT2D eigenvalue weighted by Gasteiger charge is 2.48. The van der Waals surface area contributed by atoms with Crippen molar-refractivity contribution in [3.05, 3.63) is 17.0 Å². The number of rotatable bonds is 1. The largest absolute Gasteiger partial charge is 0.360 e. The zero-order valence-corrected chi connectivity index (χ0v) is 12.6. The van der Waals surface area contributed by atoms with Gasteiger partial charge in [-0.1, -0.05) is 5.16 Å². The number of aryl methyl sites for hydroxylation is 1. The summed E-state index contributed by atoms with van der Waals surface area (Å²) in [4.78, 5) is 14.3. The van der Waals surface area contributed by atoms with Crippen LogP contribution in [0, 0.1) is 5.92 Å². The molecule has 0 N–H and O–H groups in total. The van der Waals surface area contributed by atoms with Gasteiger partial charge >= 0.3 is 0 Å². The lowest BCUT2D eigenvalue weighted by Crippen LogP contribution is -2.33. The molecule has 4 rings (SSSR count). The van der Waals surface area contributed by atoms with E-state index in [9.17, 15) is 13.2 Å². The summed E-state index contributed by atoms with van der Waals surface area (Å²) in [5.41, 5.74) is 1.34. The number of likely N-dealkylation sites (tertiary alicyclic amines) is 1. The van der Waals surface area contributed by atoms with Crippen molar-refractivity contribution < 1.29 is 17.7 Å². The van der Waals surface area contributed by atoms with Crippen LogP contribution in [0.5, 0.6) is 0 Å². The fraction of sp³-hybridized carbons (Fsp3) is 0.714. The van der Waals surface area contributed by atoms with Crippen LogP contribution in [-0.4, -0.2) is 48.5 Å². The normalized spacial score (nSPS) is 30.2. The minimum atomic E-state index is -3.01. The molecule has 3 aliphatic rings. The van der Waals surface area contributed by atoms with Crippen molar-refractivity contribution in [1.29, 1.82) is 0 Å². The van der Waals surface area contributed by atoms with Crippen molar-refractivity contribution in [3.63, 3.8) is 0 Å². The first-order valence-electron chi connectivity index (χ1n) is 7.54. The number of fused-ring (bicyclic) bond motifs is 2. The van der Waals surface area contributed by atoms with Crippen molar-refractivity contribution in [2.75, 3.05) is 18.8 Å². The van der Waals surface area contributed by atoms with Gasteiger partial charge in [0.2, 0.25) is 0 Å². The second-order valence-electron chi connectivity index (χ2n) is 6.30. The maximum atomic E-state index is 12.6. The second-order valence-corrected chi connectivity index (χ2v) is 8.64. The molecule has 7 heteroatoms. The first kappa shape index (κ1) is 13.3. The lowest BCUT2D eigenvalue weighted by Gasteiger charge is -2.17. The molecule has 0 aromatic carbocycles. The molecule has 0 spiro atoms. The summed E-state index contributed by atoms with van der Waals surface area (Å²) in [7, 11) is -3.01. The lowest BCUT2D eigenvalue weighted by atomic mass is 9.96.